The summed E-state index contributed by atoms with van der Waals surface area (Å²) in [6.45, 7) is 4.82. The second-order valence-electron chi connectivity index (χ2n) is 7.25. The van der Waals surface area contributed by atoms with Crippen LogP contribution < -0.4 is 9.62 Å². The van der Waals surface area contributed by atoms with Crippen molar-refractivity contribution in [3.8, 4) is 0 Å². The molecule has 0 spiro atoms. The molecule has 2 saturated heterocycles. The third-order valence-electron chi connectivity index (χ3n) is 5.44. The number of nitrogens with one attached hydrogen (secondary N) is 1. The van der Waals surface area contributed by atoms with Crippen LogP contribution in [0.15, 0.2) is 24.3 Å². The predicted molar refractivity (Wildman–Crippen MR) is 100 cm³/mol. The molecule has 0 bridgehead atoms. The number of carbonyl (C=O) groups is 1. The molecule has 1 aromatic rings. The summed E-state index contributed by atoms with van der Waals surface area (Å²) in [5, 5.41) is 9.02. The number of piperidine rings is 1. The van der Waals surface area contributed by atoms with E-state index < -0.39 is 22.1 Å². The van der Waals surface area contributed by atoms with Gasteiger partial charge < -0.3 is 10.0 Å². The van der Waals surface area contributed by atoms with Gasteiger partial charge in [-0.2, -0.15) is 12.7 Å². The maximum absolute atomic E-state index is 12.5. The molecule has 8 heteroatoms. The van der Waals surface area contributed by atoms with Crippen molar-refractivity contribution in [1.29, 1.82) is 0 Å². The van der Waals surface area contributed by atoms with Crippen molar-refractivity contribution in [1.82, 2.24) is 9.03 Å². The fourth-order valence-corrected chi connectivity index (χ4v) is 5.11. The largest absolute Gasteiger partial charge is 0.481 e. The standard InChI is InChI=1S/C18H27N3O4S/c1-14-4-2-3-5-17(14)20-9-6-15(13-20)12-19-26(24,25)21-10-7-16(8-11-21)18(22)23/h2-5,15-16,19H,6-13H2,1H3,(H,22,23)/t15-/m1/s1. The minimum atomic E-state index is -3.54. The summed E-state index contributed by atoms with van der Waals surface area (Å²) in [7, 11) is -3.54. The van der Waals surface area contributed by atoms with Crippen LogP contribution in [0.5, 0.6) is 0 Å². The maximum atomic E-state index is 12.5. The molecule has 0 saturated carbocycles. The van der Waals surface area contributed by atoms with E-state index in [1.807, 2.05) is 12.1 Å². The lowest BCUT2D eigenvalue weighted by molar-refractivity contribution is -0.142. The second kappa shape index (κ2) is 7.94. The summed E-state index contributed by atoms with van der Waals surface area (Å²) in [5.41, 5.74) is 2.45. The van der Waals surface area contributed by atoms with Crippen LogP contribution in [-0.2, 0) is 15.0 Å². The number of nitrogens with zero attached hydrogens (tertiary/aromatic N) is 2. The van der Waals surface area contributed by atoms with Gasteiger partial charge in [-0.1, -0.05) is 18.2 Å². The first-order chi connectivity index (χ1) is 12.4. The Bertz CT molecular complexity index is 745. The number of carboxylic acid groups (broad SMARTS) is 1. The number of rotatable bonds is 6. The fraction of sp³-hybridized carbons (Fsp3) is 0.611. The Hall–Kier alpha value is -1.64. The summed E-state index contributed by atoms with van der Waals surface area (Å²) in [5.74, 6) is -0.989. The van der Waals surface area contributed by atoms with Gasteiger partial charge in [0.25, 0.3) is 10.2 Å². The maximum Gasteiger partial charge on any atom is 0.306 e. The molecular weight excluding hydrogens is 354 g/mol. The summed E-state index contributed by atoms with van der Waals surface area (Å²) in [4.78, 5) is 13.3. The first-order valence-electron chi connectivity index (χ1n) is 9.15. The molecule has 0 unspecified atom stereocenters. The van der Waals surface area contributed by atoms with E-state index in [4.69, 9.17) is 5.11 Å². The van der Waals surface area contributed by atoms with Crippen molar-refractivity contribution in [3.63, 3.8) is 0 Å². The van der Waals surface area contributed by atoms with Crippen LogP contribution in [0.2, 0.25) is 0 Å². The fourth-order valence-electron chi connectivity index (χ4n) is 3.79. The molecule has 2 N–H and O–H groups in total. The number of hydrogen-bond donors (Lipinski definition) is 2. The monoisotopic (exact) mass is 381 g/mol. The van der Waals surface area contributed by atoms with Gasteiger partial charge in [-0.05, 0) is 43.7 Å². The van der Waals surface area contributed by atoms with E-state index in [1.165, 1.54) is 15.6 Å². The molecule has 0 aromatic heterocycles. The van der Waals surface area contributed by atoms with Gasteiger partial charge in [0.05, 0.1) is 5.92 Å². The van der Waals surface area contributed by atoms with Crippen LogP contribution in [0.25, 0.3) is 0 Å². The van der Waals surface area contributed by atoms with Crippen molar-refractivity contribution >= 4 is 21.9 Å². The zero-order valence-electron chi connectivity index (χ0n) is 15.1. The number of benzene rings is 1. The number of hydrogen-bond acceptors (Lipinski definition) is 4. The number of carboxylic acids is 1. The lowest BCUT2D eigenvalue weighted by Crippen LogP contribution is -2.47. The van der Waals surface area contributed by atoms with Crippen molar-refractivity contribution < 1.29 is 18.3 Å². The molecule has 0 amide bonds. The smallest absolute Gasteiger partial charge is 0.306 e. The van der Waals surface area contributed by atoms with Gasteiger partial charge in [-0.25, -0.2) is 4.72 Å². The summed E-state index contributed by atoms with van der Waals surface area (Å²) >= 11 is 0. The van der Waals surface area contributed by atoms with Crippen LogP contribution in [-0.4, -0.2) is 56.5 Å². The first kappa shape index (κ1) is 19.1. The predicted octanol–water partition coefficient (Wildman–Crippen LogP) is 1.45. The summed E-state index contributed by atoms with van der Waals surface area (Å²) in [6.07, 6.45) is 1.71. The van der Waals surface area contributed by atoms with E-state index in [1.54, 1.807) is 0 Å². The Morgan fingerprint density at radius 1 is 1.19 bits per heavy atom. The molecule has 144 valence electrons. The molecular formula is C18H27N3O4S. The van der Waals surface area contributed by atoms with Crippen molar-refractivity contribution in [2.75, 3.05) is 37.6 Å². The average Bonchev–Trinajstić information content (AvgIpc) is 3.09. The average molecular weight is 381 g/mol. The molecule has 7 nitrogen and oxygen atoms in total. The quantitative estimate of drug-likeness (QED) is 0.778. The minimum absolute atomic E-state index is 0.270. The van der Waals surface area contributed by atoms with Gasteiger partial charge in [0, 0.05) is 38.4 Å². The van der Waals surface area contributed by atoms with Crippen LogP contribution >= 0.6 is 0 Å². The molecule has 2 fully saturated rings. The van der Waals surface area contributed by atoms with E-state index in [0.717, 1.165) is 19.5 Å². The molecule has 2 heterocycles. The Balaban J connectivity index is 1.50. The van der Waals surface area contributed by atoms with E-state index >= 15 is 0 Å². The lowest BCUT2D eigenvalue weighted by Gasteiger charge is -2.29. The topological polar surface area (TPSA) is 90.0 Å². The highest BCUT2D eigenvalue weighted by molar-refractivity contribution is 7.87. The van der Waals surface area contributed by atoms with Crippen molar-refractivity contribution in [2.45, 2.75) is 26.2 Å². The van der Waals surface area contributed by atoms with Gasteiger partial charge in [0.15, 0.2) is 0 Å². The summed E-state index contributed by atoms with van der Waals surface area (Å²) in [6, 6.07) is 8.24. The van der Waals surface area contributed by atoms with Crippen molar-refractivity contribution in [2.24, 2.45) is 11.8 Å². The zero-order valence-corrected chi connectivity index (χ0v) is 15.9. The van der Waals surface area contributed by atoms with Crippen LogP contribution in [0.3, 0.4) is 0 Å². The van der Waals surface area contributed by atoms with Gasteiger partial charge in [0.2, 0.25) is 0 Å². The molecule has 26 heavy (non-hydrogen) atoms. The molecule has 0 aliphatic carbocycles. The van der Waals surface area contributed by atoms with E-state index in [9.17, 15) is 13.2 Å². The lowest BCUT2D eigenvalue weighted by atomic mass is 9.99. The van der Waals surface area contributed by atoms with E-state index in [0.29, 0.717) is 19.4 Å². The molecule has 1 aromatic carbocycles. The number of para-hydroxylation sites is 1. The van der Waals surface area contributed by atoms with Gasteiger partial charge in [-0.3, -0.25) is 4.79 Å². The Morgan fingerprint density at radius 2 is 1.88 bits per heavy atom. The first-order valence-corrected chi connectivity index (χ1v) is 10.6. The number of anilines is 1. The van der Waals surface area contributed by atoms with Gasteiger partial charge in [-0.15, -0.1) is 0 Å². The van der Waals surface area contributed by atoms with Gasteiger partial charge >= 0.3 is 5.97 Å². The highest BCUT2D eigenvalue weighted by atomic mass is 32.2. The highest BCUT2D eigenvalue weighted by Gasteiger charge is 2.32. The number of aryl methyl sites for hydroxylation is 1. The highest BCUT2D eigenvalue weighted by Crippen LogP contribution is 2.26. The Kier molecular flexibility index (Phi) is 5.84. The summed E-state index contributed by atoms with van der Waals surface area (Å²) < 4.78 is 29.1. The van der Waals surface area contributed by atoms with Crippen LogP contribution in [0, 0.1) is 18.8 Å². The van der Waals surface area contributed by atoms with Crippen LogP contribution in [0.1, 0.15) is 24.8 Å². The van der Waals surface area contributed by atoms with E-state index in [2.05, 4.69) is 28.7 Å². The normalized spacial score (nSPS) is 22.7. The number of aliphatic carboxylic acids is 1. The van der Waals surface area contributed by atoms with Gasteiger partial charge in [0.1, 0.15) is 0 Å². The van der Waals surface area contributed by atoms with E-state index in [-0.39, 0.29) is 19.0 Å². The third-order valence-corrected chi connectivity index (χ3v) is 7.02. The molecule has 2 aliphatic rings. The molecule has 2 aliphatic heterocycles. The SMILES string of the molecule is Cc1ccccc1N1CC[C@H](CNS(=O)(=O)N2CCC(C(=O)O)CC2)C1. The van der Waals surface area contributed by atoms with Crippen LogP contribution in [0.4, 0.5) is 5.69 Å². The molecule has 3 rings (SSSR count). The molecule has 0 radical (unpaired) electrons. The Morgan fingerprint density at radius 3 is 2.54 bits per heavy atom. The third kappa shape index (κ3) is 4.36. The molecule has 1 atom stereocenters. The zero-order chi connectivity index (χ0) is 18.7. The minimum Gasteiger partial charge on any atom is -0.481 e. The second-order valence-corrected chi connectivity index (χ2v) is 9.01. The Labute approximate surface area is 155 Å². The van der Waals surface area contributed by atoms with Crippen molar-refractivity contribution in [3.05, 3.63) is 29.8 Å².